The van der Waals surface area contributed by atoms with Crippen LogP contribution in [0.4, 0.5) is 5.69 Å². The lowest BCUT2D eigenvalue weighted by Gasteiger charge is -2.13. The highest BCUT2D eigenvalue weighted by atomic mass is 16.5. The van der Waals surface area contributed by atoms with Crippen LogP contribution in [0.25, 0.3) is 0 Å². The number of nitrogens with zero attached hydrogens (tertiary/aromatic N) is 1. The summed E-state index contributed by atoms with van der Waals surface area (Å²) in [5, 5.41) is 6.60. The predicted molar refractivity (Wildman–Crippen MR) is 97.4 cm³/mol. The van der Waals surface area contributed by atoms with Crippen LogP contribution in [0.3, 0.4) is 0 Å². The van der Waals surface area contributed by atoms with Gasteiger partial charge in [-0.15, -0.1) is 0 Å². The van der Waals surface area contributed by atoms with Gasteiger partial charge in [0.15, 0.2) is 17.5 Å². The molecular formula is C18H29N3O3. The van der Waals surface area contributed by atoms with Crippen LogP contribution in [0.15, 0.2) is 23.2 Å². The van der Waals surface area contributed by atoms with Gasteiger partial charge in [-0.3, -0.25) is 4.99 Å². The maximum absolute atomic E-state index is 5.73. The molecule has 0 fully saturated rings. The first kappa shape index (κ1) is 18.4. The third-order valence-corrected chi connectivity index (χ3v) is 3.63. The summed E-state index contributed by atoms with van der Waals surface area (Å²) in [6.07, 6.45) is 4.17. The van der Waals surface area contributed by atoms with Gasteiger partial charge >= 0.3 is 0 Å². The molecule has 0 radical (unpaired) electrons. The highest BCUT2D eigenvalue weighted by Crippen LogP contribution is 2.32. The molecular weight excluding hydrogens is 306 g/mol. The number of benzene rings is 1. The van der Waals surface area contributed by atoms with Crippen molar-refractivity contribution in [2.45, 2.75) is 32.6 Å². The first-order valence-electron chi connectivity index (χ1n) is 8.77. The number of rotatable bonds is 8. The van der Waals surface area contributed by atoms with E-state index in [9.17, 15) is 0 Å². The molecule has 0 aliphatic carbocycles. The molecule has 6 nitrogen and oxygen atoms in total. The number of ether oxygens (including phenoxy) is 3. The monoisotopic (exact) mass is 335 g/mol. The molecule has 0 saturated carbocycles. The van der Waals surface area contributed by atoms with Gasteiger partial charge in [-0.2, -0.15) is 0 Å². The number of nitrogens with one attached hydrogen (secondary N) is 2. The van der Waals surface area contributed by atoms with E-state index in [1.807, 2.05) is 18.2 Å². The number of methoxy groups -OCH3 is 1. The molecule has 1 heterocycles. The topological polar surface area (TPSA) is 64.1 Å². The van der Waals surface area contributed by atoms with Gasteiger partial charge < -0.3 is 24.8 Å². The van der Waals surface area contributed by atoms with Crippen LogP contribution in [0.1, 0.15) is 32.6 Å². The van der Waals surface area contributed by atoms with E-state index in [1.165, 1.54) is 0 Å². The van der Waals surface area contributed by atoms with E-state index in [2.05, 4.69) is 22.5 Å². The first-order valence-corrected chi connectivity index (χ1v) is 8.77. The Labute approximate surface area is 144 Å². The summed E-state index contributed by atoms with van der Waals surface area (Å²) in [6.45, 7) is 5.88. The van der Waals surface area contributed by atoms with Crippen molar-refractivity contribution < 1.29 is 14.2 Å². The Bertz CT molecular complexity index is 520. The van der Waals surface area contributed by atoms with Gasteiger partial charge in [-0.25, -0.2) is 0 Å². The largest absolute Gasteiger partial charge is 0.490 e. The van der Waals surface area contributed by atoms with E-state index in [4.69, 9.17) is 14.2 Å². The second-order valence-corrected chi connectivity index (χ2v) is 5.65. The minimum atomic E-state index is 0.687. The van der Waals surface area contributed by atoms with Gasteiger partial charge in [-0.05, 0) is 38.3 Å². The Morgan fingerprint density at radius 1 is 1.17 bits per heavy atom. The lowest BCUT2D eigenvalue weighted by molar-refractivity contribution is 0.192. The Hall–Kier alpha value is -1.95. The van der Waals surface area contributed by atoms with Crippen molar-refractivity contribution in [1.82, 2.24) is 5.32 Å². The minimum Gasteiger partial charge on any atom is -0.490 e. The number of hydrogen-bond donors (Lipinski definition) is 2. The van der Waals surface area contributed by atoms with Crippen LogP contribution < -0.4 is 20.1 Å². The molecule has 0 atom stereocenters. The summed E-state index contributed by atoms with van der Waals surface area (Å²) < 4.78 is 16.4. The summed E-state index contributed by atoms with van der Waals surface area (Å²) in [5.74, 6) is 2.38. The molecule has 6 heteroatoms. The maximum Gasteiger partial charge on any atom is 0.195 e. The van der Waals surface area contributed by atoms with Gasteiger partial charge in [0.25, 0.3) is 0 Å². The van der Waals surface area contributed by atoms with Gasteiger partial charge in [0.1, 0.15) is 0 Å². The SMILES string of the molecule is CCNC(=NCCCCCOC)Nc1ccc2c(c1)OCCCO2. The van der Waals surface area contributed by atoms with Crippen molar-refractivity contribution in [3.05, 3.63) is 18.2 Å². The van der Waals surface area contributed by atoms with Gasteiger partial charge in [0.2, 0.25) is 0 Å². The zero-order valence-electron chi connectivity index (χ0n) is 14.8. The van der Waals surface area contributed by atoms with E-state index < -0.39 is 0 Å². The lowest BCUT2D eigenvalue weighted by atomic mass is 10.2. The van der Waals surface area contributed by atoms with Crippen LogP contribution >= 0.6 is 0 Å². The molecule has 0 aromatic heterocycles. The molecule has 0 spiro atoms. The molecule has 1 aromatic carbocycles. The number of hydrogen-bond acceptors (Lipinski definition) is 4. The standard InChI is InChI=1S/C18H29N3O3/c1-3-19-18(20-10-5-4-6-11-22-2)21-15-8-9-16-17(14-15)24-13-7-12-23-16/h8-9,14H,3-7,10-13H2,1-2H3,(H2,19,20,21). The zero-order valence-corrected chi connectivity index (χ0v) is 14.8. The Kier molecular flexibility index (Phi) is 8.24. The molecule has 2 N–H and O–H groups in total. The lowest BCUT2D eigenvalue weighted by Crippen LogP contribution is -2.30. The summed E-state index contributed by atoms with van der Waals surface area (Å²) in [4.78, 5) is 4.62. The molecule has 0 unspecified atom stereocenters. The average molecular weight is 335 g/mol. The fourth-order valence-electron chi connectivity index (χ4n) is 2.41. The minimum absolute atomic E-state index is 0.687. The highest BCUT2D eigenvalue weighted by Gasteiger charge is 2.11. The van der Waals surface area contributed by atoms with Gasteiger partial charge in [-0.1, -0.05) is 0 Å². The van der Waals surface area contributed by atoms with Crippen LogP contribution in [0, 0.1) is 0 Å². The van der Waals surface area contributed by atoms with Crippen molar-refractivity contribution in [1.29, 1.82) is 0 Å². The highest BCUT2D eigenvalue weighted by molar-refractivity contribution is 5.93. The first-order chi connectivity index (χ1) is 11.8. The third-order valence-electron chi connectivity index (χ3n) is 3.63. The molecule has 1 aliphatic rings. The smallest absolute Gasteiger partial charge is 0.195 e. The van der Waals surface area contributed by atoms with Gasteiger partial charge in [0, 0.05) is 45.0 Å². The van der Waals surface area contributed by atoms with E-state index in [-0.39, 0.29) is 0 Å². The van der Waals surface area contributed by atoms with E-state index in [0.717, 1.165) is 68.5 Å². The van der Waals surface area contributed by atoms with Crippen LogP contribution in [0.2, 0.25) is 0 Å². The molecule has 0 amide bonds. The van der Waals surface area contributed by atoms with Crippen molar-refractivity contribution in [2.24, 2.45) is 4.99 Å². The second kappa shape index (κ2) is 10.8. The molecule has 1 aromatic rings. The molecule has 134 valence electrons. The number of anilines is 1. The van der Waals surface area contributed by atoms with E-state index in [0.29, 0.717) is 13.2 Å². The maximum atomic E-state index is 5.73. The van der Waals surface area contributed by atoms with Crippen molar-refractivity contribution in [3.63, 3.8) is 0 Å². The van der Waals surface area contributed by atoms with E-state index >= 15 is 0 Å². The number of fused-ring (bicyclic) bond motifs is 1. The van der Waals surface area contributed by atoms with Crippen LogP contribution in [-0.2, 0) is 4.74 Å². The summed E-state index contributed by atoms with van der Waals surface area (Å²) in [6, 6.07) is 5.89. The molecule has 0 saturated heterocycles. The number of aliphatic imine (C=N–C) groups is 1. The fourth-order valence-corrected chi connectivity index (χ4v) is 2.41. The normalized spacial score (nSPS) is 14.2. The van der Waals surface area contributed by atoms with E-state index in [1.54, 1.807) is 7.11 Å². The zero-order chi connectivity index (χ0) is 17.0. The molecule has 1 aliphatic heterocycles. The predicted octanol–water partition coefficient (Wildman–Crippen LogP) is 3.04. The van der Waals surface area contributed by atoms with Crippen molar-refractivity contribution in [2.75, 3.05) is 45.3 Å². The Morgan fingerprint density at radius 2 is 2.00 bits per heavy atom. The summed E-state index contributed by atoms with van der Waals surface area (Å²) >= 11 is 0. The summed E-state index contributed by atoms with van der Waals surface area (Å²) in [5.41, 5.74) is 0.943. The quantitative estimate of drug-likeness (QED) is 0.434. The average Bonchev–Trinajstić information content (AvgIpc) is 2.83. The Morgan fingerprint density at radius 3 is 2.79 bits per heavy atom. The van der Waals surface area contributed by atoms with Crippen LogP contribution in [-0.4, -0.2) is 46.0 Å². The molecule has 2 rings (SSSR count). The fraction of sp³-hybridized carbons (Fsp3) is 0.611. The van der Waals surface area contributed by atoms with Crippen LogP contribution in [0.5, 0.6) is 11.5 Å². The third kappa shape index (κ3) is 6.28. The molecule has 24 heavy (non-hydrogen) atoms. The van der Waals surface area contributed by atoms with Crippen molar-refractivity contribution >= 4 is 11.6 Å². The summed E-state index contributed by atoms with van der Waals surface area (Å²) in [7, 11) is 1.74. The molecule has 0 bridgehead atoms. The number of guanidine groups is 1. The number of unbranched alkanes of at least 4 members (excludes halogenated alkanes) is 2. The second-order valence-electron chi connectivity index (χ2n) is 5.65. The van der Waals surface area contributed by atoms with Gasteiger partial charge in [0.05, 0.1) is 13.2 Å². The Balaban J connectivity index is 1.90. The van der Waals surface area contributed by atoms with Crippen molar-refractivity contribution in [3.8, 4) is 11.5 Å².